The van der Waals surface area contributed by atoms with Crippen LogP contribution in [0.4, 0.5) is 5.82 Å². The average molecular weight is 411 g/mol. The standard InChI is InChI=1S/C21H21N3O6/c1-11(13-2-3-15-16(9-13)30-10-29-15)6-18(25)24-19(21(27)28)14(20(24)26)7-12-4-5-23-17(22)8-12/h2-5,8-9,11,14,19H,6-7,10H2,1H3,(H2,22,23)(H,27,28)/t11-,14+,19-/m0/s1. The lowest BCUT2D eigenvalue weighted by Gasteiger charge is -2.43. The van der Waals surface area contributed by atoms with Crippen molar-refractivity contribution in [3.05, 3.63) is 47.7 Å². The van der Waals surface area contributed by atoms with Crippen molar-refractivity contribution in [2.24, 2.45) is 5.92 Å². The quantitative estimate of drug-likeness (QED) is 0.685. The Morgan fingerprint density at radius 3 is 2.77 bits per heavy atom. The molecular weight excluding hydrogens is 390 g/mol. The van der Waals surface area contributed by atoms with Crippen molar-refractivity contribution < 1.29 is 29.0 Å². The molecule has 1 saturated heterocycles. The summed E-state index contributed by atoms with van der Waals surface area (Å²) in [6, 6.07) is 7.47. The largest absolute Gasteiger partial charge is 0.480 e. The van der Waals surface area contributed by atoms with E-state index < -0.39 is 29.7 Å². The second-order valence-electron chi connectivity index (χ2n) is 7.50. The van der Waals surface area contributed by atoms with Crippen LogP contribution < -0.4 is 15.2 Å². The number of carbonyl (C=O) groups excluding carboxylic acids is 2. The molecule has 3 N–H and O–H groups in total. The van der Waals surface area contributed by atoms with Crippen LogP contribution in [0.5, 0.6) is 11.5 Å². The lowest BCUT2D eigenvalue weighted by molar-refractivity contribution is -0.177. The normalized spacial score (nSPS) is 20.6. The Morgan fingerprint density at radius 2 is 2.03 bits per heavy atom. The number of fused-ring (bicyclic) bond motifs is 1. The molecule has 9 heteroatoms. The van der Waals surface area contributed by atoms with E-state index in [-0.39, 0.29) is 31.4 Å². The first-order chi connectivity index (χ1) is 14.3. The number of carboxylic acids is 1. The lowest BCUT2D eigenvalue weighted by atomic mass is 9.81. The number of pyridine rings is 1. The Kier molecular flexibility index (Phi) is 5.03. The zero-order chi connectivity index (χ0) is 21.4. The predicted molar refractivity (Wildman–Crippen MR) is 105 cm³/mol. The van der Waals surface area contributed by atoms with Gasteiger partial charge in [-0.3, -0.25) is 14.5 Å². The number of benzene rings is 1. The van der Waals surface area contributed by atoms with Gasteiger partial charge >= 0.3 is 5.97 Å². The number of hydrogen-bond donors (Lipinski definition) is 2. The van der Waals surface area contributed by atoms with Gasteiger partial charge < -0.3 is 20.3 Å². The Morgan fingerprint density at radius 1 is 1.27 bits per heavy atom. The van der Waals surface area contributed by atoms with E-state index in [1.807, 2.05) is 13.0 Å². The Hall–Kier alpha value is -3.62. The van der Waals surface area contributed by atoms with E-state index in [1.54, 1.807) is 24.3 Å². The van der Waals surface area contributed by atoms with Gasteiger partial charge in [0.1, 0.15) is 11.9 Å². The summed E-state index contributed by atoms with van der Waals surface area (Å²) in [6.45, 7) is 1.99. The highest BCUT2D eigenvalue weighted by Crippen LogP contribution is 2.37. The van der Waals surface area contributed by atoms with E-state index in [2.05, 4.69) is 4.98 Å². The van der Waals surface area contributed by atoms with Crippen LogP contribution >= 0.6 is 0 Å². The molecule has 2 amide bonds. The summed E-state index contributed by atoms with van der Waals surface area (Å²) in [5, 5.41) is 9.62. The van der Waals surface area contributed by atoms with E-state index in [1.165, 1.54) is 6.20 Å². The van der Waals surface area contributed by atoms with Crippen LogP contribution in [0.15, 0.2) is 36.5 Å². The van der Waals surface area contributed by atoms with E-state index in [4.69, 9.17) is 15.2 Å². The number of carbonyl (C=O) groups is 3. The number of likely N-dealkylation sites (tertiary alicyclic amines) is 1. The summed E-state index contributed by atoms with van der Waals surface area (Å²) in [4.78, 5) is 41.9. The van der Waals surface area contributed by atoms with Gasteiger partial charge in [-0.25, -0.2) is 9.78 Å². The number of nitrogens with two attached hydrogens (primary N) is 1. The number of hydrogen-bond acceptors (Lipinski definition) is 7. The molecule has 0 unspecified atom stereocenters. The van der Waals surface area contributed by atoms with Crippen LogP contribution in [0.3, 0.4) is 0 Å². The van der Waals surface area contributed by atoms with Gasteiger partial charge in [0.25, 0.3) is 0 Å². The first-order valence-electron chi connectivity index (χ1n) is 9.54. The zero-order valence-corrected chi connectivity index (χ0v) is 16.3. The van der Waals surface area contributed by atoms with Gasteiger partial charge in [-0.1, -0.05) is 13.0 Å². The molecule has 30 heavy (non-hydrogen) atoms. The number of aromatic nitrogens is 1. The van der Waals surface area contributed by atoms with Gasteiger partial charge in [-0.2, -0.15) is 0 Å². The van der Waals surface area contributed by atoms with Crippen LogP contribution in [0.1, 0.15) is 30.4 Å². The molecule has 156 valence electrons. The zero-order valence-electron chi connectivity index (χ0n) is 16.3. The van der Waals surface area contributed by atoms with E-state index in [0.717, 1.165) is 10.5 Å². The van der Waals surface area contributed by atoms with Gasteiger partial charge in [0, 0.05) is 12.6 Å². The Labute approximate surface area is 172 Å². The minimum Gasteiger partial charge on any atom is -0.480 e. The van der Waals surface area contributed by atoms with Crippen molar-refractivity contribution in [3.63, 3.8) is 0 Å². The Bertz CT molecular complexity index is 1020. The second kappa shape index (κ2) is 7.66. The van der Waals surface area contributed by atoms with Gasteiger partial charge in [-0.05, 0) is 47.7 Å². The fraction of sp³-hybridized carbons (Fsp3) is 0.333. The number of anilines is 1. The molecule has 3 heterocycles. The molecule has 0 bridgehead atoms. The van der Waals surface area contributed by atoms with Crippen LogP contribution in [0.2, 0.25) is 0 Å². The molecule has 0 spiro atoms. The molecule has 0 saturated carbocycles. The fourth-order valence-corrected chi connectivity index (χ4v) is 3.88. The summed E-state index contributed by atoms with van der Waals surface area (Å²) >= 11 is 0. The number of aliphatic carboxylic acids is 1. The summed E-state index contributed by atoms with van der Waals surface area (Å²) < 4.78 is 10.6. The number of amides is 2. The summed E-state index contributed by atoms with van der Waals surface area (Å²) in [7, 11) is 0. The van der Waals surface area contributed by atoms with Crippen LogP contribution in [-0.4, -0.2) is 45.6 Å². The van der Waals surface area contributed by atoms with Crippen molar-refractivity contribution in [2.45, 2.75) is 31.7 Å². The van der Waals surface area contributed by atoms with Crippen LogP contribution in [0, 0.1) is 5.92 Å². The number of β-lactam (4-membered cyclic amide) rings is 1. The number of rotatable bonds is 6. The fourth-order valence-electron chi connectivity index (χ4n) is 3.88. The van der Waals surface area contributed by atoms with Crippen molar-refractivity contribution in [1.82, 2.24) is 9.88 Å². The maximum atomic E-state index is 12.8. The highest BCUT2D eigenvalue weighted by molar-refractivity contribution is 6.08. The minimum atomic E-state index is -1.20. The topological polar surface area (TPSA) is 132 Å². The molecule has 2 aliphatic rings. The van der Waals surface area contributed by atoms with Gasteiger partial charge in [-0.15, -0.1) is 0 Å². The molecule has 0 aliphatic carbocycles. The Balaban J connectivity index is 1.45. The lowest BCUT2D eigenvalue weighted by Crippen LogP contribution is -2.66. The summed E-state index contributed by atoms with van der Waals surface area (Å²) in [6.07, 6.45) is 1.69. The maximum Gasteiger partial charge on any atom is 0.327 e. The van der Waals surface area contributed by atoms with Gasteiger partial charge in [0.2, 0.25) is 18.6 Å². The predicted octanol–water partition coefficient (Wildman–Crippen LogP) is 1.57. The molecule has 1 fully saturated rings. The number of nitrogens with zero attached hydrogens (tertiary/aromatic N) is 2. The molecular formula is C21H21N3O6. The van der Waals surface area contributed by atoms with Crippen LogP contribution in [-0.2, 0) is 20.8 Å². The van der Waals surface area contributed by atoms with Gasteiger partial charge in [0.05, 0.1) is 5.92 Å². The van der Waals surface area contributed by atoms with Crippen molar-refractivity contribution in [2.75, 3.05) is 12.5 Å². The highest BCUT2D eigenvalue weighted by Gasteiger charge is 2.54. The number of carboxylic acid groups (broad SMARTS) is 1. The molecule has 1 aromatic heterocycles. The number of imide groups is 1. The SMILES string of the molecule is C[C@@H](CC(=O)N1C(=O)[C@H](Cc2ccnc(N)c2)[C@H]1C(=O)O)c1ccc2c(c1)OCO2. The second-order valence-corrected chi connectivity index (χ2v) is 7.50. The third-order valence-corrected chi connectivity index (χ3v) is 5.48. The molecule has 1 aromatic carbocycles. The molecule has 9 nitrogen and oxygen atoms in total. The van der Waals surface area contributed by atoms with E-state index in [9.17, 15) is 19.5 Å². The molecule has 4 rings (SSSR count). The summed E-state index contributed by atoms with van der Waals surface area (Å²) in [5.41, 5.74) is 7.19. The molecule has 2 aromatic rings. The number of ether oxygens (including phenoxy) is 2. The average Bonchev–Trinajstić information content (AvgIpc) is 3.17. The van der Waals surface area contributed by atoms with Gasteiger partial charge in [0.15, 0.2) is 11.5 Å². The minimum absolute atomic E-state index is 0.00406. The molecule has 0 radical (unpaired) electrons. The third kappa shape index (κ3) is 3.54. The first kappa shape index (κ1) is 19.7. The maximum absolute atomic E-state index is 12.8. The molecule has 3 atom stereocenters. The smallest absolute Gasteiger partial charge is 0.327 e. The monoisotopic (exact) mass is 411 g/mol. The van der Waals surface area contributed by atoms with Crippen molar-refractivity contribution >= 4 is 23.6 Å². The third-order valence-electron chi connectivity index (χ3n) is 5.48. The van der Waals surface area contributed by atoms with E-state index in [0.29, 0.717) is 17.1 Å². The summed E-state index contributed by atoms with van der Waals surface area (Å²) in [5.74, 6) is -1.71. The van der Waals surface area contributed by atoms with Crippen molar-refractivity contribution in [1.29, 1.82) is 0 Å². The van der Waals surface area contributed by atoms with E-state index >= 15 is 0 Å². The first-order valence-corrected chi connectivity index (χ1v) is 9.54. The highest BCUT2D eigenvalue weighted by atomic mass is 16.7. The van der Waals surface area contributed by atoms with Crippen LogP contribution in [0.25, 0.3) is 0 Å². The van der Waals surface area contributed by atoms with Crippen molar-refractivity contribution in [3.8, 4) is 11.5 Å². The number of nitrogen functional groups attached to an aromatic ring is 1. The molecule has 2 aliphatic heterocycles.